The molecule has 1 aliphatic carbocycles. The first-order valence-corrected chi connectivity index (χ1v) is 6.40. The predicted molar refractivity (Wildman–Crippen MR) is 78.9 cm³/mol. The highest BCUT2D eigenvalue weighted by Gasteiger charge is 2.45. The van der Waals surface area contributed by atoms with Crippen LogP contribution in [0.15, 0.2) is 24.3 Å². The molecule has 1 aromatic carbocycles. The summed E-state index contributed by atoms with van der Waals surface area (Å²) in [6.45, 7) is 4.11. The first kappa shape index (κ1) is 15.8. The Morgan fingerprint density at radius 3 is 2.47 bits per heavy atom. The van der Waals surface area contributed by atoms with E-state index in [1.54, 1.807) is 0 Å². The monoisotopic (exact) mass is 284 g/mol. The van der Waals surface area contributed by atoms with Crippen molar-refractivity contribution >= 4 is 24.0 Å². The Morgan fingerprint density at radius 1 is 1.42 bits per heavy atom. The lowest BCUT2D eigenvalue weighted by atomic mass is 10.2. The Balaban J connectivity index is 0.00000180. The molecule has 0 bridgehead atoms. The van der Waals surface area contributed by atoms with E-state index in [0.29, 0.717) is 0 Å². The van der Waals surface area contributed by atoms with E-state index in [0.717, 1.165) is 30.7 Å². The van der Waals surface area contributed by atoms with Gasteiger partial charge in [-0.3, -0.25) is 4.79 Å². The third-order valence-electron chi connectivity index (χ3n) is 3.27. The third-order valence-corrected chi connectivity index (χ3v) is 3.27. The zero-order valence-electron chi connectivity index (χ0n) is 11.3. The summed E-state index contributed by atoms with van der Waals surface area (Å²) < 4.78 is 5.67. The molecular formula is C14H21ClN2O2. The Labute approximate surface area is 120 Å². The molecule has 0 radical (unpaired) electrons. The number of ether oxygens (including phenoxy) is 1. The van der Waals surface area contributed by atoms with Gasteiger partial charge in [-0.15, -0.1) is 12.4 Å². The largest absolute Gasteiger partial charge is 0.491 e. The summed E-state index contributed by atoms with van der Waals surface area (Å²) in [5, 5.41) is 2.82. The van der Waals surface area contributed by atoms with Crippen molar-refractivity contribution in [1.82, 2.24) is 0 Å². The predicted octanol–water partition coefficient (Wildman–Crippen LogP) is 2.72. The molecule has 0 saturated heterocycles. The number of rotatable bonds is 5. The lowest BCUT2D eigenvalue weighted by Gasteiger charge is -2.14. The number of anilines is 1. The molecule has 1 aliphatic rings. The average Bonchev–Trinajstić information content (AvgIpc) is 3.11. The molecule has 1 amide bonds. The van der Waals surface area contributed by atoms with E-state index in [1.165, 1.54) is 0 Å². The van der Waals surface area contributed by atoms with Crippen LogP contribution in [0.2, 0.25) is 0 Å². The van der Waals surface area contributed by atoms with E-state index < -0.39 is 5.54 Å². The molecule has 1 atom stereocenters. The molecule has 3 N–H and O–H groups in total. The number of hydrogen-bond donors (Lipinski definition) is 2. The SMILES string of the molecule is CCC(C)Oc1ccc(NC(=O)C2(N)CC2)cc1.Cl. The number of amides is 1. The smallest absolute Gasteiger partial charge is 0.244 e. The molecule has 1 fully saturated rings. The molecule has 5 heteroatoms. The molecule has 106 valence electrons. The van der Waals surface area contributed by atoms with Gasteiger partial charge in [-0.25, -0.2) is 0 Å². The Kier molecular flexibility index (Phi) is 5.20. The molecule has 19 heavy (non-hydrogen) atoms. The van der Waals surface area contributed by atoms with E-state index in [2.05, 4.69) is 12.2 Å². The van der Waals surface area contributed by atoms with Crippen LogP contribution in [-0.4, -0.2) is 17.6 Å². The Morgan fingerprint density at radius 2 is 2.00 bits per heavy atom. The number of carbonyl (C=O) groups excluding carboxylic acids is 1. The zero-order chi connectivity index (χ0) is 13.2. The number of nitrogens with one attached hydrogen (secondary N) is 1. The summed E-state index contributed by atoms with van der Waals surface area (Å²) in [6.07, 6.45) is 2.71. The average molecular weight is 285 g/mol. The first-order chi connectivity index (χ1) is 8.53. The first-order valence-electron chi connectivity index (χ1n) is 6.40. The van der Waals surface area contributed by atoms with Gasteiger partial charge in [0, 0.05) is 5.69 Å². The van der Waals surface area contributed by atoms with Crippen molar-refractivity contribution in [2.24, 2.45) is 5.73 Å². The number of nitrogens with two attached hydrogens (primary N) is 1. The molecule has 4 nitrogen and oxygen atoms in total. The van der Waals surface area contributed by atoms with Crippen LogP contribution in [0.25, 0.3) is 0 Å². The quantitative estimate of drug-likeness (QED) is 0.874. The van der Waals surface area contributed by atoms with Crippen LogP contribution in [0.5, 0.6) is 5.75 Å². The van der Waals surface area contributed by atoms with Gasteiger partial charge in [-0.2, -0.15) is 0 Å². The standard InChI is InChI=1S/C14H20N2O2.ClH/c1-3-10(2)18-12-6-4-11(5-7-12)16-13(17)14(15)8-9-14;/h4-7,10H,3,8-9,15H2,1-2H3,(H,16,17);1H. The molecule has 0 aromatic heterocycles. The fraction of sp³-hybridized carbons (Fsp3) is 0.500. The van der Waals surface area contributed by atoms with Crippen LogP contribution in [0.4, 0.5) is 5.69 Å². The van der Waals surface area contributed by atoms with Crippen LogP contribution < -0.4 is 15.8 Å². The van der Waals surface area contributed by atoms with Crippen molar-refractivity contribution in [3.05, 3.63) is 24.3 Å². The van der Waals surface area contributed by atoms with Gasteiger partial charge < -0.3 is 15.8 Å². The molecule has 0 aliphatic heterocycles. The van der Waals surface area contributed by atoms with Crippen LogP contribution in [0.1, 0.15) is 33.1 Å². The fourth-order valence-corrected chi connectivity index (χ4v) is 1.55. The van der Waals surface area contributed by atoms with Crippen molar-refractivity contribution in [2.45, 2.75) is 44.8 Å². The number of carbonyl (C=O) groups is 1. The van der Waals surface area contributed by atoms with E-state index in [9.17, 15) is 4.79 Å². The maximum absolute atomic E-state index is 11.7. The van der Waals surface area contributed by atoms with E-state index in [4.69, 9.17) is 10.5 Å². The number of benzene rings is 1. The molecular weight excluding hydrogens is 264 g/mol. The van der Waals surface area contributed by atoms with E-state index in [-0.39, 0.29) is 24.4 Å². The van der Waals surface area contributed by atoms with Crippen LogP contribution in [-0.2, 0) is 4.79 Å². The minimum atomic E-state index is -0.633. The van der Waals surface area contributed by atoms with E-state index in [1.807, 2.05) is 31.2 Å². The maximum atomic E-state index is 11.7. The number of halogens is 1. The molecule has 0 spiro atoms. The summed E-state index contributed by atoms with van der Waals surface area (Å²) in [4.78, 5) is 11.7. The van der Waals surface area contributed by atoms with Crippen LogP contribution in [0, 0.1) is 0 Å². The summed E-state index contributed by atoms with van der Waals surface area (Å²) in [7, 11) is 0. The topological polar surface area (TPSA) is 64.3 Å². The van der Waals surface area contributed by atoms with Crippen molar-refractivity contribution in [3.63, 3.8) is 0 Å². The summed E-state index contributed by atoms with van der Waals surface area (Å²) in [5.74, 6) is 0.717. The minimum Gasteiger partial charge on any atom is -0.491 e. The summed E-state index contributed by atoms with van der Waals surface area (Å²) in [5.41, 5.74) is 5.94. The van der Waals surface area contributed by atoms with Crippen LogP contribution in [0.3, 0.4) is 0 Å². The van der Waals surface area contributed by atoms with Gasteiger partial charge in [0.2, 0.25) is 5.91 Å². The molecule has 1 saturated carbocycles. The van der Waals surface area contributed by atoms with Gasteiger partial charge in [0.05, 0.1) is 11.6 Å². The number of hydrogen-bond acceptors (Lipinski definition) is 3. The van der Waals surface area contributed by atoms with Gasteiger partial charge in [0.25, 0.3) is 0 Å². The Bertz CT molecular complexity index is 430. The molecule has 0 heterocycles. The lowest BCUT2D eigenvalue weighted by molar-refractivity contribution is -0.118. The fourth-order valence-electron chi connectivity index (χ4n) is 1.55. The van der Waals surface area contributed by atoms with Gasteiger partial charge in [0.1, 0.15) is 5.75 Å². The van der Waals surface area contributed by atoms with Crippen molar-refractivity contribution in [1.29, 1.82) is 0 Å². The van der Waals surface area contributed by atoms with Gasteiger partial charge >= 0.3 is 0 Å². The zero-order valence-corrected chi connectivity index (χ0v) is 12.1. The highest BCUT2D eigenvalue weighted by atomic mass is 35.5. The van der Waals surface area contributed by atoms with Crippen molar-refractivity contribution in [3.8, 4) is 5.75 Å². The summed E-state index contributed by atoms with van der Waals surface area (Å²) in [6, 6.07) is 7.39. The van der Waals surface area contributed by atoms with Crippen molar-refractivity contribution < 1.29 is 9.53 Å². The highest BCUT2D eigenvalue weighted by Crippen LogP contribution is 2.33. The highest BCUT2D eigenvalue weighted by molar-refractivity contribution is 6.00. The lowest BCUT2D eigenvalue weighted by Crippen LogP contribution is -2.37. The second kappa shape index (κ2) is 6.26. The van der Waals surface area contributed by atoms with Crippen molar-refractivity contribution in [2.75, 3.05) is 5.32 Å². The van der Waals surface area contributed by atoms with Gasteiger partial charge in [-0.1, -0.05) is 6.92 Å². The van der Waals surface area contributed by atoms with E-state index >= 15 is 0 Å². The van der Waals surface area contributed by atoms with Gasteiger partial charge in [-0.05, 0) is 50.5 Å². The Hall–Kier alpha value is -1.26. The molecule has 1 aromatic rings. The van der Waals surface area contributed by atoms with Crippen LogP contribution >= 0.6 is 12.4 Å². The maximum Gasteiger partial charge on any atom is 0.244 e. The van der Waals surface area contributed by atoms with Gasteiger partial charge in [0.15, 0.2) is 0 Å². The second-order valence-electron chi connectivity index (χ2n) is 4.97. The summed E-state index contributed by atoms with van der Waals surface area (Å²) >= 11 is 0. The normalized spacial score (nSPS) is 17.0. The molecule has 1 unspecified atom stereocenters. The second-order valence-corrected chi connectivity index (χ2v) is 4.97. The minimum absolute atomic E-state index is 0. The third kappa shape index (κ3) is 4.11. The molecule has 2 rings (SSSR count).